The summed E-state index contributed by atoms with van der Waals surface area (Å²) in [5.74, 6) is -0.0288. The molecule has 2 heterocycles. The third-order valence-electron chi connectivity index (χ3n) is 4.49. The highest BCUT2D eigenvalue weighted by atomic mass is 16.5. The fourth-order valence-corrected chi connectivity index (χ4v) is 3.01. The zero-order valence-electron chi connectivity index (χ0n) is 13.4. The number of rotatable bonds is 4. The van der Waals surface area contributed by atoms with Crippen molar-refractivity contribution in [2.24, 2.45) is 0 Å². The van der Waals surface area contributed by atoms with Crippen molar-refractivity contribution >= 4 is 17.5 Å². The Hall–Kier alpha value is -1.92. The monoisotopic (exact) mass is 317 g/mol. The first-order valence-electron chi connectivity index (χ1n) is 8.16. The van der Waals surface area contributed by atoms with Gasteiger partial charge in [0, 0.05) is 43.3 Å². The molecule has 6 heteroatoms. The first-order chi connectivity index (χ1) is 11.1. The highest BCUT2D eigenvalue weighted by molar-refractivity contribution is 5.97. The van der Waals surface area contributed by atoms with E-state index < -0.39 is 0 Å². The molecule has 0 aromatic heterocycles. The van der Waals surface area contributed by atoms with Gasteiger partial charge in [-0.2, -0.15) is 0 Å². The van der Waals surface area contributed by atoms with Crippen LogP contribution in [0.1, 0.15) is 29.3 Å². The fourth-order valence-electron chi connectivity index (χ4n) is 3.01. The SMILES string of the molecule is CC(CNC(=O)c1ccc2c(c1)CCC(=O)N2)N1CCOCC1. The standard InChI is InChI=1S/C17H23N3O3/c1-12(20-6-8-23-9-7-20)11-18-17(22)14-2-4-15-13(10-14)3-5-16(21)19-15/h2,4,10,12H,3,5-9,11H2,1H3,(H,18,22)(H,19,21). The van der Waals surface area contributed by atoms with E-state index in [9.17, 15) is 9.59 Å². The van der Waals surface area contributed by atoms with Crippen LogP contribution in [0.3, 0.4) is 0 Å². The number of nitrogens with one attached hydrogen (secondary N) is 2. The Labute approximate surface area is 136 Å². The van der Waals surface area contributed by atoms with Crippen molar-refractivity contribution < 1.29 is 14.3 Å². The molecule has 6 nitrogen and oxygen atoms in total. The molecule has 3 rings (SSSR count). The largest absolute Gasteiger partial charge is 0.379 e. The summed E-state index contributed by atoms with van der Waals surface area (Å²) < 4.78 is 5.35. The van der Waals surface area contributed by atoms with E-state index in [2.05, 4.69) is 22.5 Å². The van der Waals surface area contributed by atoms with Crippen LogP contribution in [0.4, 0.5) is 5.69 Å². The van der Waals surface area contributed by atoms with Crippen LogP contribution in [0.15, 0.2) is 18.2 Å². The van der Waals surface area contributed by atoms with Gasteiger partial charge in [-0.1, -0.05) is 0 Å². The van der Waals surface area contributed by atoms with Crippen molar-refractivity contribution in [1.82, 2.24) is 10.2 Å². The quantitative estimate of drug-likeness (QED) is 0.870. The number of morpholine rings is 1. The average molecular weight is 317 g/mol. The normalized spacial score (nSPS) is 19.6. The Morgan fingerprint density at radius 3 is 2.91 bits per heavy atom. The lowest BCUT2D eigenvalue weighted by molar-refractivity contribution is -0.116. The van der Waals surface area contributed by atoms with Gasteiger partial charge in [0.1, 0.15) is 0 Å². The molecule has 2 amide bonds. The van der Waals surface area contributed by atoms with E-state index in [0.717, 1.165) is 37.6 Å². The summed E-state index contributed by atoms with van der Waals surface area (Å²) in [4.78, 5) is 26.0. The molecule has 0 spiro atoms. The average Bonchev–Trinajstić information content (AvgIpc) is 2.59. The molecule has 1 fully saturated rings. The zero-order valence-corrected chi connectivity index (χ0v) is 13.4. The van der Waals surface area contributed by atoms with Gasteiger partial charge in [-0.05, 0) is 37.1 Å². The molecule has 0 bridgehead atoms. The number of benzene rings is 1. The van der Waals surface area contributed by atoms with Gasteiger partial charge in [-0.25, -0.2) is 0 Å². The highest BCUT2D eigenvalue weighted by Crippen LogP contribution is 2.23. The maximum Gasteiger partial charge on any atom is 0.251 e. The zero-order chi connectivity index (χ0) is 16.2. The van der Waals surface area contributed by atoms with Gasteiger partial charge < -0.3 is 15.4 Å². The van der Waals surface area contributed by atoms with Gasteiger partial charge in [-0.15, -0.1) is 0 Å². The maximum atomic E-state index is 12.3. The molecule has 1 atom stereocenters. The van der Waals surface area contributed by atoms with E-state index >= 15 is 0 Å². The summed E-state index contributed by atoms with van der Waals surface area (Å²) in [6.07, 6.45) is 1.17. The minimum absolute atomic E-state index is 0.0361. The summed E-state index contributed by atoms with van der Waals surface area (Å²) in [6.45, 7) is 6.08. The summed E-state index contributed by atoms with van der Waals surface area (Å²) in [5, 5.41) is 5.83. The number of carbonyl (C=O) groups is 2. The van der Waals surface area contributed by atoms with Gasteiger partial charge in [0.15, 0.2) is 0 Å². The van der Waals surface area contributed by atoms with E-state index in [1.165, 1.54) is 0 Å². The fraction of sp³-hybridized carbons (Fsp3) is 0.529. The second-order valence-electron chi connectivity index (χ2n) is 6.13. The Balaban J connectivity index is 1.57. The van der Waals surface area contributed by atoms with Crippen molar-refractivity contribution in [3.63, 3.8) is 0 Å². The van der Waals surface area contributed by atoms with E-state index in [1.807, 2.05) is 12.1 Å². The smallest absolute Gasteiger partial charge is 0.251 e. The van der Waals surface area contributed by atoms with Gasteiger partial charge in [0.05, 0.1) is 13.2 Å². The Morgan fingerprint density at radius 2 is 2.13 bits per heavy atom. The minimum Gasteiger partial charge on any atom is -0.379 e. The number of hydrogen-bond acceptors (Lipinski definition) is 4. The van der Waals surface area contributed by atoms with Crippen LogP contribution in [-0.4, -0.2) is 55.6 Å². The summed E-state index contributed by atoms with van der Waals surface area (Å²) in [5.41, 5.74) is 2.49. The molecule has 0 aliphatic carbocycles. The van der Waals surface area contributed by atoms with Crippen LogP contribution in [-0.2, 0) is 16.0 Å². The van der Waals surface area contributed by atoms with Crippen molar-refractivity contribution in [2.75, 3.05) is 38.2 Å². The molecule has 2 aliphatic rings. The first kappa shape index (κ1) is 16.0. The van der Waals surface area contributed by atoms with E-state index in [-0.39, 0.29) is 11.8 Å². The summed E-state index contributed by atoms with van der Waals surface area (Å²) in [6, 6.07) is 5.75. The number of amides is 2. The van der Waals surface area contributed by atoms with Crippen molar-refractivity contribution in [2.45, 2.75) is 25.8 Å². The number of hydrogen-bond donors (Lipinski definition) is 2. The van der Waals surface area contributed by atoms with Crippen LogP contribution >= 0.6 is 0 Å². The van der Waals surface area contributed by atoms with Crippen LogP contribution in [0.2, 0.25) is 0 Å². The minimum atomic E-state index is -0.0650. The molecule has 1 saturated heterocycles. The maximum absolute atomic E-state index is 12.3. The number of nitrogens with zero attached hydrogens (tertiary/aromatic N) is 1. The van der Waals surface area contributed by atoms with Gasteiger partial charge in [-0.3, -0.25) is 14.5 Å². The van der Waals surface area contributed by atoms with Crippen LogP contribution < -0.4 is 10.6 Å². The molecule has 0 saturated carbocycles. The Kier molecular flexibility index (Phi) is 4.93. The van der Waals surface area contributed by atoms with Crippen LogP contribution in [0.25, 0.3) is 0 Å². The number of anilines is 1. The predicted molar refractivity (Wildman–Crippen MR) is 87.6 cm³/mol. The number of ether oxygens (including phenoxy) is 1. The van der Waals surface area contributed by atoms with Crippen LogP contribution in [0, 0.1) is 0 Å². The lowest BCUT2D eigenvalue weighted by atomic mass is 10.00. The van der Waals surface area contributed by atoms with E-state index in [1.54, 1.807) is 6.07 Å². The molecule has 1 unspecified atom stereocenters. The molecule has 23 heavy (non-hydrogen) atoms. The molecular weight excluding hydrogens is 294 g/mol. The van der Waals surface area contributed by atoms with E-state index in [4.69, 9.17) is 4.74 Å². The van der Waals surface area contributed by atoms with Crippen LogP contribution in [0.5, 0.6) is 0 Å². The van der Waals surface area contributed by atoms with Crippen molar-refractivity contribution in [1.29, 1.82) is 0 Å². The van der Waals surface area contributed by atoms with E-state index in [0.29, 0.717) is 31.0 Å². The third-order valence-corrected chi connectivity index (χ3v) is 4.49. The molecular formula is C17H23N3O3. The number of fused-ring (bicyclic) bond motifs is 1. The molecule has 2 N–H and O–H groups in total. The van der Waals surface area contributed by atoms with Crippen molar-refractivity contribution in [3.05, 3.63) is 29.3 Å². The molecule has 1 aromatic carbocycles. The van der Waals surface area contributed by atoms with Gasteiger partial charge in [0.25, 0.3) is 5.91 Å². The van der Waals surface area contributed by atoms with Gasteiger partial charge in [0.2, 0.25) is 5.91 Å². The highest BCUT2D eigenvalue weighted by Gasteiger charge is 2.19. The predicted octanol–water partition coefficient (Wildman–Crippen LogP) is 1.02. The molecule has 2 aliphatic heterocycles. The van der Waals surface area contributed by atoms with Gasteiger partial charge >= 0.3 is 0 Å². The Morgan fingerprint density at radius 1 is 1.35 bits per heavy atom. The molecule has 1 aromatic rings. The number of aryl methyl sites for hydroxylation is 1. The second-order valence-corrected chi connectivity index (χ2v) is 6.13. The molecule has 0 radical (unpaired) electrons. The lowest BCUT2D eigenvalue weighted by Gasteiger charge is -2.32. The second kappa shape index (κ2) is 7.10. The molecule has 124 valence electrons. The number of carbonyl (C=O) groups excluding carboxylic acids is 2. The summed E-state index contributed by atoms with van der Waals surface area (Å²) in [7, 11) is 0. The summed E-state index contributed by atoms with van der Waals surface area (Å²) >= 11 is 0. The van der Waals surface area contributed by atoms with Crippen molar-refractivity contribution in [3.8, 4) is 0 Å². The lowest BCUT2D eigenvalue weighted by Crippen LogP contribution is -2.47. The topological polar surface area (TPSA) is 70.7 Å². The first-order valence-corrected chi connectivity index (χ1v) is 8.16. The Bertz CT molecular complexity index is 597. The third kappa shape index (κ3) is 3.89.